The summed E-state index contributed by atoms with van der Waals surface area (Å²) in [4.78, 5) is 0. The van der Waals surface area contributed by atoms with Crippen molar-refractivity contribution in [1.29, 1.82) is 0 Å². The third-order valence-corrected chi connectivity index (χ3v) is 2.16. The average molecular weight is 135 g/mol. The second-order valence-corrected chi connectivity index (χ2v) is 2.56. The molecule has 1 aliphatic carbocycles. The maximum Gasteiger partial charge on any atom is 0.0127 e. The molecule has 8 heavy (non-hydrogen) atoms. The zero-order valence-corrected chi connectivity index (χ0v) is 5.45. The van der Waals surface area contributed by atoms with Gasteiger partial charge in [-0.05, 0) is 24.9 Å². The summed E-state index contributed by atoms with van der Waals surface area (Å²) in [6, 6.07) is 0.557. The van der Waals surface area contributed by atoms with Gasteiger partial charge in [-0.2, -0.15) is 0 Å². The Bertz CT molecular complexity index is 86.4. The molecule has 0 aromatic carbocycles. The Balaban J connectivity index is 0.000000320. The topological polar surface area (TPSA) is 38.0 Å². The summed E-state index contributed by atoms with van der Waals surface area (Å²) < 4.78 is 0. The number of piperidine rings is 1. The highest BCUT2D eigenvalue weighted by Crippen LogP contribution is 2.39. The van der Waals surface area contributed by atoms with Gasteiger partial charge in [0.05, 0.1) is 0 Å². The molecule has 3 N–H and O–H groups in total. The van der Waals surface area contributed by atoms with Crippen molar-refractivity contribution in [3.8, 4) is 0 Å². The van der Waals surface area contributed by atoms with Crippen LogP contribution in [0.25, 0.3) is 0 Å². The Morgan fingerprint density at radius 2 is 1.75 bits per heavy atom. The highest BCUT2D eigenvalue weighted by molar-refractivity contribution is 5.85. The van der Waals surface area contributed by atoms with E-state index in [1.165, 1.54) is 13.1 Å². The van der Waals surface area contributed by atoms with Crippen LogP contribution in [0.4, 0.5) is 0 Å². The van der Waals surface area contributed by atoms with Crippen LogP contribution in [0.3, 0.4) is 0 Å². The van der Waals surface area contributed by atoms with Gasteiger partial charge in [-0.25, -0.2) is 0 Å². The summed E-state index contributed by atoms with van der Waals surface area (Å²) in [6.07, 6.45) is 0. The first-order valence-electron chi connectivity index (χ1n) is 2.86. The van der Waals surface area contributed by atoms with E-state index in [-0.39, 0.29) is 12.4 Å². The summed E-state index contributed by atoms with van der Waals surface area (Å²) in [5.74, 6) is 1.69. The molecule has 2 unspecified atom stereocenters. The van der Waals surface area contributed by atoms with Crippen LogP contribution in [0, 0.1) is 11.8 Å². The molecule has 1 saturated heterocycles. The molecule has 1 aliphatic heterocycles. The van der Waals surface area contributed by atoms with Crippen LogP contribution >= 0.6 is 12.4 Å². The molecular formula is C5H11ClN2. The van der Waals surface area contributed by atoms with Crippen LogP contribution in [-0.2, 0) is 0 Å². The van der Waals surface area contributed by atoms with Gasteiger partial charge in [0.25, 0.3) is 0 Å². The van der Waals surface area contributed by atoms with Crippen LogP contribution in [0.5, 0.6) is 0 Å². The Kier molecular flexibility index (Phi) is 1.48. The zero-order chi connectivity index (χ0) is 4.85. The lowest BCUT2D eigenvalue weighted by Crippen LogP contribution is -2.21. The predicted molar refractivity (Wildman–Crippen MR) is 35.1 cm³/mol. The van der Waals surface area contributed by atoms with E-state index in [2.05, 4.69) is 5.32 Å². The third kappa shape index (κ3) is 0.642. The van der Waals surface area contributed by atoms with E-state index in [1.54, 1.807) is 0 Å². The van der Waals surface area contributed by atoms with Gasteiger partial charge in [0.1, 0.15) is 0 Å². The van der Waals surface area contributed by atoms with Crippen LogP contribution in [0.15, 0.2) is 0 Å². The third-order valence-electron chi connectivity index (χ3n) is 2.16. The summed E-state index contributed by atoms with van der Waals surface area (Å²) in [7, 11) is 0. The highest BCUT2D eigenvalue weighted by Gasteiger charge is 2.50. The fraction of sp³-hybridized carbons (Fsp3) is 1.00. The number of hydrogen-bond donors (Lipinski definition) is 2. The molecule has 2 nitrogen and oxygen atoms in total. The monoisotopic (exact) mass is 134 g/mol. The zero-order valence-electron chi connectivity index (χ0n) is 4.63. The smallest absolute Gasteiger partial charge is 0.0127 e. The van der Waals surface area contributed by atoms with E-state index in [0.29, 0.717) is 6.04 Å². The normalized spacial score (nSPS) is 49.9. The summed E-state index contributed by atoms with van der Waals surface area (Å²) in [5.41, 5.74) is 5.63. The van der Waals surface area contributed by atoms with E-state index < -0.39 is 0 Å². The van der Waals surface area contributed by atoms with E-state index in [1.807, 2.05) is 0 Å². The molecule has 0 aromatic heterocycles. The number of halogens is 1. The number of rotatable bonds is 0. The predicted octanol–water partition coefficient (Wildman–Crippen LogP) is -0.415. The molecule has 2 aliphatic rings. The van der Waals surface area contributed by atoms with Crippen molar-refractivity contribution in [3.63, 3.8) is 0 Å². The quantitative estimate of drug-likeness (QED) is 0.473. The van der Waals surface area contributed by atoms with Gasteiger partial charge in [0, 0.05) is 6.04 Å². The number of hydrogen-bond acceptors (Lipinski definition) is 2. The fourth-order valence-electron chi connectivity index (χ4n) is 1.47. The maximum atomic E-state index is 5.63. The van der Waals surface area contributed by atoms with Gasteiger partial charge in [0.15, 0.2) is 0 Å². The Labute approximate surface area is 55.2 Å². The Morgan fingerprint density at radius 3 is 2.00 bits per heavy atom. The lowest BCUT2D eigenvalue weighted by molar-refractivity contribution is 0.677. The van der Waals surface area contributed by atoms with Gasteiger partial charge in [-0.1, -0.05) is 0 Å². The molecule has 1 heterocycles. The van der Waals surface area contributed by atoms with Gasteiger partial charge in [-0.15, -0.1) is 12.4 Å². The molecule has 0 aromatic rings. The molecule has 3 heteroatoms. The largest absolute Gasteiger partial charge is 0.327 e. The Morgan fingerprint density at radius 1 is 1.25 bits per heavy atom. The molecule has 0 spiro atoms. The van der Waals surface area contributed by atoms with Crippen molar-refractivity contribution in [2.24, 2.45) is 17.6 Å². The SMILES string of the molecule is Cl.NC1C2CNCC12. The second-order valence-electron chi connectivity index (χ2n) is 2.56. The molecule has 0 amide bonds. The number of fused-ring (bicyclic) bond motifs is 1. The minimum Gasteiger partial charge on any atom is -0.327 e. The van der Waals surface area contributed by atoms with Gasteiger partial charge in [-0.3, -0.25) is 0 Å². The van der Waals surface area contributed by atoms with Crippen LogP contribution < -0.4 is 11.1 Å². The summed E-state index contributed by atoms with van der Waals surface area (Å²) in [6.45, 7) is 2.34. The van der Waals surface area contributed by atoms with Crippen LogP contribution in [-0.4, -0.2) is 19.1 Å². The van der Waals surface area contributed by atoms with Crippen LogP contribution in [0.2, 0.25) is 0 Å². The molecule has 48 valence electrons. The minimum atomic E-state index is 0. The lowest BCUT2D eigenvalue weighted by atomic mass is 10.4. The van der Waals surface area contributed by atoms with Crippen molar-refractivity contribution in [2.45, 2.75) is 6.04 Å². The standard InChI is InChI=1S/C5H10N2.ClH/c6-5-3-1-7-2-4(3)5;/h3-5,7H,1-2,6H2;1H. The number of nitrogens with two attached hydrogens (primary N) is 1. The molecule has 2 fully saturated rings. The molecule has 2 rings (SSSR count). The van der Waals surface area contributed by atoms with Crippen LogP contribution in [0.1, 0.15) is 0 Å². The first kappa shape index (κ1) is 6.33. The Hall–Kier alpha value is 0.210. The molecule has 1 saturated carbocycles. The fourth-order valence-corrected chi connectivity index (χ4v) is 1.47. The molecular weight excluding hydrogens is 124 g/mol. The summed E-state index contributed by atoms with van der Waals surface area (Å²) >= 11 is 0. The molecule has 0 bridgehead atoms. The highest BCUT2D eigenvalue weighted by atomic mass is 35.5. The first-order chi connectivity index (χ1) is 3.39. The van der Waals surface area contributed by atoms with Crippen molar-refractivity contribution >= 4 is 12.4 Å². The van der Waals surface area contributed by atoms with Crippen molar-refractivity contribution < 1.29 is 0 Å². The number of nitrogens with one attached hydrogen (secondary N) is 1. The molecule has 2 atom stereocenters. The van der Waals surface area contributed by atoms with Crippen molar-refractivity contribution in [3.05, 3.63) is 0 Å². The van der Waals surface area contributed by atoms with E-state index in [9.17, 15) is 0 Å². The van der Waals surface area contributed by atoms with Gasteiger partial charge >= 0.3 is 0 Å². The van der Waals surface area contributed by atoms with E-state index in [4.69, 9.17) is 5.73 Å². The average Bonchev–Trinajstić information content (AvgIpc) is 2.26. The first-order valence-corrected chi connectivity index (χ1v) is 2.86. The second kappa shape index (κ2) is 1.87. The molecule has 0 radical (unpaired) electrons. The van der Waals surface area contributed by atoms with Crippen molar-refractivity contribution in [2.75, 3.05) is 13.1 Å². The van der Waals surface area contributed by atoms with E-state index in [0.717, 1.165) is 11.8 Å². The lowest BCUT2D eigenvalue weighted by Gasteiger charge is -1.94. The minimum absolute atomic E-state index is 0. The van der Waals surface area contributed by atoms with E-state index >= 15 is 0 Å². The van der Waals surface area contributed by atoms with Gasteiger partial charge in [0.2, 0.25) is 0 Å². The van der Waals surface area contributed by atoms with Crippen molar-refractivity contribution in [1.82, 2.24) is 5.32 Å². The summed E-state index contributed by atoms with van der Waals surface area (Å²) in [5, 5.41) is 3.27. The maximum absolute atomic E-state index is 5.63. The van der Waals surface area contributed by atoms with Gasteiger partial charge < -0.3 is 11.1 Å².